The zero-order chi connectivity index (χ0) is 52.6. The summed E-state index contributed by atoms with van der Waals surface area (Å²) in [5.74, 6) is -2.47. The number of benzene rings is 1. The second-order valence-electron chi connectivity index (χ2n) is 17.3. The van der Waals surface area contributed by atoms with Gasteiger partial charge in [0.05, 0.1) is 55.6 Å². The lowest BCUT2D eigenvalue weighted by atomic mass is 9.92. The third kappa shape index (κ3) is 36.1. The van der Waals surface area contributed by atoms with E-state index in [1.165, 1.54) is 6.07 Å². The van der Waals surface area contributed by atoms with Crippen LogP contribution in [0.15, 0.2) is 12.1 Å². The minimum atomic E-state index is -1.26. The first-order valence-electron chi connectivity index (χ1n) is 23.6. The molecule has 70 heavy (non-hydrogen) atoms. The molecule has 6 N–H and O–H groups in total. The van der Waals surface area contributed by atoms with E-state index in [9.17, 15) is 54.1 Å². The van der Waals surface area contributed by atoms with E-state index in [2.05, 4.69) is 21.3 Å². The Bertz CT molecular complexity index is 1780. The summed E-state index contributed by atoms with van der Waals surface area (Å²) in [6.07, 6.45) is 7.73. The van der Waals surface area contributed by atoms with Crippen LogP contribution in [-0.2, 0) is 65.4 Å². The Morgan fingerprint density at radius 2 is 1.07 bits per heavy atom. The van der Waals surface area contributed by atoms with Crippen molar-refractivity contribution in [2.24, 2.45) is 5.41 Å². The average molecular weight is 999 g/mol. The van der Waals surface area contributed by atoms with Crippen molar-refractivity contribution in [3.05, 3.63) is 43.5 Å². The molecule has 0 spiro atoms. The molecule has 1 aromatic carbocycles. The highest BCUT2D eigenvalue weighted by Crippen LogP contribution is 2.31. The molecule has 0 bridgehead atoms. The van der Waals surface area contributed by atoms with Crippen molar-refractivity contribution in [3.63, 3.8) is 0 Å². The first-order valence-corrected chi connectivity index (χ1v) is 23.6. The van der Waals surface area contributed by atoms with Gasteiger partial charge in [0.15, 0.2) is 0 Å². The van der Waals surface area contributed by atoms with Crippen molar-refractivity contribution < 1.29 is 77.4 Å². The zero-order valence-corrected chi connectivity index (χ0v) is 40.9. The smallest absolute Gasteiger partial charge is 0.373 e. The predicted molar refractivity (Wildman–Crippen MR) is 251 cm³/mol. The van der Waals surface area contributed by atoms with Crippen LogP contribution >= 0.6 is 0 Å². The Morgan fingerprint density at radius 3 is 1.54 bits per heavy atom. The number of nitro groups is 2. The topological polar surface area (TPSA) is 348 Å². The van der Waals surface area contributed by atoms with Gasteiger partial charge >= 0.3 is 24.1 Å². The van der Waals surface area contributed by atoms with Crippen LogP contribution in [0.3, 0.4) is 0 Å². The van der Waals surface area contributed by atoms with E-state index in [0.717, 1.165) is 38.2 Å². The van der Waals surface area contributed by atoms with E-state index in [1.54, 1.807) is 0 Å². The van der Waals surface area contributed by atoms with Crippen molar-refractivity contribution in [2.75, 3.05) is 72.5 Å². The number of hydrogen-bond donors (Lipinski definition) is 6. The molecule has 0 radical (unpaired) electrons. The summed E-state index contributed by atoms with van der Waals surface area (Å²) < 4.78 is 22.2. The monoisotopic (exact) mass is 999 g/mol. The lowest BCUT2D eigenvalue weighted by molar-refractivity contribution is -0.395. The van der Waals surface area contributed by atoms with Crippen LogP contribution in [0.5, 0.6) is 0 Å². The molecular weight excluding hydrogens is 925 g/mol. The van der Waals surface area contributed by atoms with Gasteiger partial charge in [0.1, 0.15) is 11.8 Å². The molecule has 396 valence electrons. The number of nitrogens with one attached hydrogen (secondary N) is 4. The number of ether oxygens (including phenoxy) is 4. The molecule has 0 unspecified atom stereocenters. The maximum atomic E-state index is 12.2. The van der Waals surface area contributed by atoms with Crippen LogP contribution in [0, 0.1) is 25.6 Å². The molecule has 4 amide bonds. The quantitative estimate of drug-likeness (QED) is 0.0296. The molecule has 0 saturated carbocycles. The molecule has 0 aliphatic carbocycles. The number of nitro benzene ring substituents is 2. The van der Waals surface area contributed by atoms with Crippen molar-refractivity contribution in [3.8, 4) is 0 Å². The van der Waals surface area contributed by atoms with Gasteiger partial charge in [-0.15, -0.1) is 0 Å². The van der Waals surface area contributed by atoms with Gasteiger partial charge in [-0.2, -0.15) is 9.59 Å². The van der Waals surface area contributed by atoms with E-state index in [-0.39, 0.29) is 99.0 Å². The third-order valence-corrected chi connectivity index (χ3v) is 9.99. The SMILES string of the molecule is CC(C)(C)CC(=O)NCCOCCOCCCc1cc(CCCOCCOCCNC(=O)CCCCCCCCC(=O)CC[C@H](NC(=O)NCCCC(=O)O)C(=O)O)c([N+](=O)[O-])cc1[N+](=O)[O-].O=C=O. The number of amides is 4. The van der Waals surface area contributed by atoms with Gasteiger partial charge in [-0.3, -0.25) is 39.4 Å². The Morgan fingerprint density at radius 1 is 0.600 bits per heavy atom. The van der Waals surface area contributed by atoms with Gasteiger partial charge in [0.2, 0.25) is 11.8 Å². The van der Waals surface area contributed by atoms with Crippen LogP contribution in [0.4, 0.5) is 16.2 Å². The molecular formula is C46H74N6O18. The van der Waals surface area contributed by atoms with Crippen LogP contribution in [-0.4, -0.2) is 140 Å². The largest absolute Gasteiger partial charge is 0.481 e. The zero-order valence-electron chi connectivity index (χ0n) is 40.9. The number of nitrogens with zero attached hydrogens (tertiary/aromatic N) is 2. The summed E-state index contributed by atoms with van der Waals surface area (Å²) in [5, 5.41) is 51.8. The van der Waals surface area contributed by atoms with Crippen LogP contribution in [0.25, 0.3) is 0 Å². The highest BCUT2D eigenvalue weighted by molar-refractivity contribution is 5.84. The maximum absolute atomic E-state index is 12.2. The molecule has 0 aliphatic heterocycles. The van der Waals surface area contributed by atoms with Crippen LogP contribution < -0.4 is 21.3 Å². The molecule has 1 aromatic rings. The van der Waals surface area contributed by atoms with Crippen molar-refractivity contribution in [1.82, 2.24) is 21.3 Å². The van der Waals surface area contributed by atoms with Crippen molar-refractivity contribution in [1.29, 1.82) is 0 Å². The minimum absolute atomic E-state index is 0.0117. The fraction of sp³-hybridized carbons (Fsp3) is 0.717. The van der Waals surface area contributed by atoms with Crippen molar-refractivity contribution in [2.45, 2.75) is 136 Å². The van der Waals surface area contributed by atoms with E-state index in [1.807, 2.05) is 20.8 Å². The molecule has 0 heterocycles. The molecule has 0 saturated heterocycles. The Labute approximate surface area is 408 Å². The second-order valence-corrected chi connectivity index (χ2v) is 17.3. The fourth-order valence-corrected chi connectivity index (χ4v) is 6.60. The molecule has 0 aliphatic rings. The highest BCUT2D eigenvalue weighted by atomic mass is 16.6. The fourth-order valence-electron chi connectivity index (χ4n) is 6.60. The summed E-state index contributed by atoms with van der Waals surface area (Å²) in [5.41, 5.74) is 0.0440. The minimum Gasteiger partial charge on any atom is -0.481 e. The van der Waals surface area contributed by atoms with E-state index >= 15 is 0 Å². The van der Waals surface area contributed by atoms with E-state index in [0.29, 0.717) is 102 Å². The first-order chi connectivity index (χ1) is 33.3. The Balaban J connectivity index is 0.0000154. The number of aliphatic carboxylic acids is 2. The summed E-state index contributed by atoms with van der Waals surface area (Å²) in [6.45, 7) is 9.21. The number of carboxylic acids is 2. The summed E-state index contributed by atoms with van der Waals surface area (Å²) >= 11 is 0. The number of urea groups is 1. The number of hydrogen-bond acceptors (Lipinski definition) is 16. The number of carboxylic acid groups (broad SMARTS) is 2. The highest BCUT2D eigenvalue weighted by Gasteiger charge is 2.24. The number of carbonyl (C=O) groups is 6. The van der Waals surface area contributed by atoms with Gasteiger partial charge in [-0.05, 0) is 62.8 Å². The molecule has 24 heteroatoms. The molecule has 0 fully saturated rings. The van der Waals surface area contributed by atoms with E-state index < -0.39 is 33.9 Å². The first kappa shape index (κ1) is 64.1. The molecule has 24 nitrogen and oxygen atoms in total. The van der Waals surface area contributed by atoms with Gasteiger partial charge in [-0.1, -0.05) is 46.5 Å². The number of carbonyl (C=O) groups excluding carboxylic acids is 6. The van der Waals surface area contributed by atoms with Crippen LogP contribution in [0.1, 0.15) is 128 Å². The summed E-state index contributed by atoms with van der Waals surface area (Å²) in [4.78, 5) is 109. The number of ketones is 1. The summed E-state index contributed by atoms with van der Waals surface area (Å²) in [7, 11) is 0. The van der Waals surface area contributed by atoms with Gasteiger partial charge < -0.3 is 50.4 Å². The lowest BCUT2D eigenvalue weighted by Gasteiger charge is -2.17. The molecule has 1 atom stereocenters. The number of rotatable bonds is 41. The standard InChI is InChI=1S/C45H74N6O16.CO2/c1-45(2,3)33-41(54)47-22-26-67-30-28-65-24-12-14-35-31-34(38(50(60)61)32-39(35)51(62)63)13-11-23-64-27-29-66-25-21-46-40(53)16-9-7-5-4-6-8-15-36(52)18-19-37(43(57)58)49-44(59)48-20-10-17-42(55)56;2-1-3/h31-32,37H,4-30,33H2,1-3H3,(H,46,53)(H,47,54)(H,55,56)(H,57,58)(H2,48,49,59);/t37-;/m0./s1. The molecule has 1 rings (SSSR count). The molecule has 0 aromatic heterocycles. The second kappa shape index (κ2) is 39.9. The Hall–Kier alpha value is -5.94. The van der Waals surface area contributed by atoms with Crippen LogP contribution in [0.2, 0.25) is 0 Å². The number of unbranched alkanes of at least 4 members (excludes halogenated alkanes) is 5. The predicted octanol–water partition coefficient (Wildman–Crippen LogP) is 4.61. The van der Waals surface area contributed by atoms with Gasteiger partial charge in [0, 0.05) is 76.1 Å². The number of Topliss-reactive ketones (excluding diaryl/α,β-unsaturated/α-hetero) is 1. The Kier molecular flexibility index (Phi) is 36.5. The van der Waals surface area contributed by atoms with Gasteiger partial charge in [-0.25, -0.2) is 9.59 Å². The third-order valence-electron chi connectivity index (χ3n) is 9.99. The maximum Gasteiger partial charge on any atom is 0.373 e. The lowest BCUT2D eigenvalue weighted by Crippen LogP contribution is -2.46. The van der Waals surface area contributed by atoms with Crippen molar-refractivity contribution >= 4 is 53.1 Å². The summed E-state index contributed by atoms with van der Waals surface area (Å²) in [6, 6.07) is 0.570. The van der Waals surface area contributed by atoms with Gasteiger partial charge in [0.25, 0.3) is 11.4 Å². The average Bonchev–Trinajstić information content (AvgIpc) is 3.27. The number of aryl methyl sites for hydroxylation is 2. The van der Waals surface area contributed by atoms with E-state index in [4.69, 9.17) is 33.6 Å². The normalized spacial score (nSPS) is 11.3.